The van der Waals surface area contributed by atoms with E-state index in [4.69, 9.17) is 0 Å². The van der Waals surface area contributed by atoms with Crippen LogP contribution in [0.3, 0.4) is 0 Å². The zero-order chi connectivity index (χ0) is 16.5. The van der Waals surface area contributed by atoms with Crippen molar-refractivity contribution in [2.45, 2.75) is 26.4 Å². The highest BCUT2D eigenvalue weighted by atomic mass is 16.2. The van der Waals surface area contributed by atoms with E-state index in [2.05, 4.69) is 37.2 Å². The third kappa shape index (κ3) is 2.34. The Morgan fingerprint density at radius 1 is 1.21 bits per heavy atom. The number of para-hydroxylation sites is 1. The molecule has 1 amide bonds. The number of amides is 1. The lowest BCUT2D eigenvalue weighted by Gasteiger charge is -2.28. The van der Waals surface area contributed by atoms with E-state index in [0.29, 0.717) is 30.9 Å². The number of aromatic nitrogens is 7. The predicted molar refractivity (Wildman–Crippen MR) is 83.3 cm³/mol. The highest BCUT2D eigenvalue weighted by Crippen LogP contribution is 2.19. The number of aryl methyl sites for hydroxylation is 1. The van der Waals surface area contributed by atoms with Crippen molar-refractivity contribution in [1.29, 1.82) is 0 Å². The largest absolute Gasteiger partial charge is 0.329 e. The van der Waals surface area contributed by atoms with Crippen LogP contribution < -0.4 is 0 Å². The molecule has 2 aromatic heterocycles. The first-order chi connectivity index (χ1) is 11.8. The van der Waals surface area contributed by atoms with Crippen molar-refractivity contribution in [3.8, 4) is 5.69 Å². The van der Waals surface area contributed by atoms with E-state index in [1.807, 2.05) is 18.2 Å². The van der Waals surface area contributed by atoms with Crippen LogP contribution in [0.5, 0.6) is 0 Å². The molecule has 0 saturated heterocycles. The molecule has 0 spiro atoms. The van der Waals surface area contributed by atoms with Gasteiger partial charge in [-0.3, -0.25) is 4.79 Å². The van der Waals surface area contributed by atoms with E-state index < -0.39 is 0 Å². The van der Waals surface area contributed by atoms with Gasteiger partial charge < -0.3 is 9.47 Å². The number of carbonyl (C=O) groups is 1. The number of nitrogens with zero attached hydrogens (tertiary/aromatic N) is 8. The zero-order valence-corrected chi connectivity index (χ0v) is 13.2. The zero-order valence-electron chi connectivity index (χ0n) is 13.2. The third-order valence-electron chi connectivity index (χ3n) is 4.16. The number of carbonyl (C=O) groups excluding carboxylic acids is 1. The summed E-state index contributed by atoms with van der Waals surface area (Å²) in [5.74, 6) is 1.73. The van der Waals surface area contributed by atoms with Gasteiger partial charge in [-0.15, -0.1) is 15.3 Å². The summed E-state index contributed by atoms with van der Waals surface area (Å²) in [5.41, 5.74) is 1.22. The molecule has 1 aliphatic rings. The quantitative estimate of drug-likeness (QED) is 0.695. The van der Waals surface area contributed by atoms with Gasteiger partial charge in [0.2, 0.25) is 0 Å². The summed E-state index contributed by atoms with van der Waals surface area (Å²) in [5, 5.41) is 19.6. The normalized spacial score (nSPS) is 13.8. The molecular weight excluding hydrogens is 308 g/mol. The highest BCUT2D eigenvalue weighted by Gasteiger charge is 2.26. The molecule has 4 rings (SSSR count). The second-order valence-electron chi connectivity index (χ2n) is 5.54. The average molecular weight is 324 g/mol. The Hall–Kier alpha value is -3.10. The summed E-state index contributed by atoms with van der Waals surface area (Å²) in [4.78, 5) is 14.8. The van der Waals surface area contributed by atoms with E-state index in [9.17, 15) is 4.79 Å². The summed E-state index contributed by atoms with van der Waals surface area (Å²) in [6, 6.07) is 7.30. The van der Waals surface area contributed by atoms with Crippen LogP contribution in [0.15, 0.2) is 30.6 Å². The number of benzene rings is 1. The Morgan fingerprint density at radius 2 is 2.08 bits per heavy atom. The average Bonchev–Trinajstić information content (AvgIpc) is 3.30. The van der Waals surface area contributed by atoms with Gasteiger partial charge in [0.15, 0.2) is 5.82 Å². The smallest absolute Gasteiger partial charge is 0.256 e. The Morgan fingerprint density at radius 3 is 2.88 bits per heavy atom. The molecule has 0 unspecified atom stereocenters. The van der Waals surface area contributed by atoms with Crippen LogP contribution in [0.25, 0.3) is 5.69 Å². The summed E-state index contributed by atoms with van der Waals surface area (Å²) < 4.78 is 3.59. The second kappa shape index (κ2) is 5.84. The van der Waals surface area contributed by atoms with Crippen LogP contribution in [-0.2, 0) is 19.5 Å². The molecule has 0 fully saturated rings. The van der Waals surface area contributed by atoms with Crippen molar-refractivity contribution < 1.29 is 4.79 Å². The van der Waals surface area contributed by atoms with Crippen molar-refractivity contribution in [3.05, 3.63) is 47.8 Å². The van der Waals surface area contributed by atoms with Gasteiger partial charge in [0.25, 0.3) is 5.91 Å². The number of hydrogen-bond acceptors (Lipinski definition) is 6. The number of hydrogen-bond donors (Lipinski definition) is 0. The fraction of sp³-hybridized carbons (Fsp3) is 0.333. The molecule has 9 heteroatoms. The lowest BCUT2D eigenvalue weighted by atomic mass is 10.1. The fourth-order valence-electron chi connectivity index (χ4n) is 2.95. The summed E-state index contributed by atoms with van der Waals surface area (Å²) in [6.45, 7) is 3.85. The lowest BCUT2D eigenvalue weighted by Crippen LogP contribution is -2.39. The molecule has 0 atom stereocenters. The van der Waals surface area contributed by atoms with E-state index in [1.54, 1.807) is 11.0 Å². The second-order valence-corrected chi connectivity index (χ2v) is 5.54. The molecule has 3 heterocycles. The summed E-state index contributed by atoms with van der Waals surface area (Å²) in [6.07, 6.45) is 2.32. The minimum Gasteiger partial charge on any atom is -0.329 e. The Balaban J connectivity index is 1.64. The summed E-state index contributed by atoms with van der Waals surface area (Å²) >= 11 is 0. The van der Waals surface area contributed by atoms with Crippen molar-refractivity contribution in [1.82, 2.24) is 39.9 Å². The van der Waals surface area contributed by atoms with E-state index in [-0.39, 0.29) is 5.91 Å². The molecule has 9 nitrogen and oxygen atoms in total. The molecule has 122 valence electrons. The maximum absolute atomic E-state index is 13.0. The molecule has 1 aliphatic heterocycles. The van der Waals surface area contributed by atoms with Crippen LogP contribution in [0.1, 0.15) is 28.9 Å². The van der Waals surface area contributed by atoms with Crippen LogP contribution in [0.2, 0.25) is 0 Å². The minimum absolute atomic E-state index is 0.0617. The molecule has 1 aromatic carbocycles. The maximum atomic E-state index is 13.0. The van der Waals surface area contributed by atoms with Gasteiger partial charge in [0, 0.05) is 19.5 Å². The van der Waals surface area contributed by atoms with Crippen molar-refractivity contribution in [2.75, 3.05) is 6.54 Å². The van der Waals surface area contributed by atoms with E-state index >= 15 is 0 Å². The fourth-order valence-corrected chi connectivity index (χ4v) is 2.95. The van der Waals surface area contributed by atoms with Crippen LogP contribution in [0, 0.1) is 0 Å². The molecule has 0 radical (unpaired) electrons. The maximum Gasteiger partial charge on any atom is 0.256 e. The molecule has 24 heavy (non-hydrogen) atoms. The summed E-state index contributed by atoms with van der Waals surface area (Å²) in [7, 11) is 0. The Bertz CT molecular complexity index is 869. The molecule has 0 saturated carbocycles. The first-order valence-electron chi connectivity index (χ1n) is 7.80. The van der Waals surface area contributed by atoms with Gasteiger partial charge in [-0.05, 0) is 22.6 Å². The minimum atomic E-state index is -0.0617. The van der Waals surface area contributed by atoms with Gasteiger partial charge in [-0.2, -0.15) is 4.68 Å². The monoisotopic (exact) mass is 324 g/mol. The van der Waals surface area contributed by atoms with Gasteiger partial charge in [-0.25, -0.2) is 0 Å². The topological polar surface area (TPSA) is 94.6 Å². The van der Waals surface area contributed by atoms with Gasteiger partial charge in [0.05, 0.1) is 17.8 Å². The number of rotatable bonds is 3. The third-order valence-corrected chi connectivity index (χ3v) is 4.16. The van der Waals surface area contributed by atoms with Gasteiger partial charge >= 0.3 is 0 Å². The molecule has 3 aromatic rings. The Labute approximate surface area is 137 Å². The van der Waals surface area contributed by atoms with Gasteiger partial charge in [-0.1, -0.05) is 19.1 Å². The molecule has 0 bridgehead atoms. The lowest BCUT2D eigenvalue weighted by molar-refractivity contribution is 0.0706. The highest BCUT2D eigenvalue weighted by molar-refractivity contribution is 5.97. The molecular formula is C15H16N8O. The number of fused-ring (bicyclic) bond motifs is 1. The first-order valence-corrected chi connectivity index (χ1v) is 7.80. The van der Waals surface area contributed by atoms with Crippen LogP contribution in [-0.4, -0.2) is 52.3 Å². The van der Waals surface area contributed by atoms with E-state index in [0.717, 1.165) is 18.1 Å². The molecule has 0 aliphatic carbocycles. The van der Waals surface area contributed by atoms with Crippen LogP contribution in [0.4, 0.5) is 0 Å². The Kier molecular flexibility index (Phi) is 3.52. The van der Waals surface area contributed by atoms with E-state index in [1.165, 1.54) is 11.0 Å². The van der Waals surface area contributed by atoms with Crippen molar-refractivity contribution in [2.24, 2.45) is 0 Å². The van der Waals surface area contributed by atoms with Crippen LogP contribution >= 0.6 is 0 Å². The molecule has 0 N–H and O–H groups in total. The first kappa shape index (κ1) is 14.5. The standard InChI is InChI=1S/C15H16N8O/c1-2-13-17-18-14-9-21(7-8-22(13)14)15(24)11-5-3-4-6-12(11)23-10-16-19-20-23/h3-6,10H,2,7-9H2,1H3. The van der Waals surface area contributed by atoms with Crippen molar-refractivity contribution >= 4 is 5.91 Å². The van der Waals surface area contributed by atoms with Gasteiger partial charge in [0.1, 0.15) is 12.2 Å². The predicted octanol–water partition coefficient (Wildman–Crippen LogP) is 0.472. The number of tetrazole rings is 1. The van der Waals surface area contributed by atoms with Crippen molar-refractivity contribution in [3.63, 3.8) is 0 Å². The SMILES string of the molecule is CCc1nnc2n1CCN(C(=O)c1ccccc1-n1cnnn1)C2.